The number of para-hydroxylation sites is 3. The van der Waals surface area contributed by atoms with Crippen molar-refractivity contribution >= 4 is 50.4 Å². The number of carbonyl (C=O) groups is 3. The van der Waals surface area contributed by atoms with E-state index >= 15 is 0 Å². The Morgan fingerprint density at radius 3 is 1.01 bits per heavy atom. The van der Waals surface area contributed by atoms with Crippen molar-refractivity contribution in [3.63, 3.8) is 0 Å². The third kappa shape index (κ3) is 14.3. The molecule has 9 rings (SSSR count). The Labute approximate surface area is 424 Å². The van der Waals surface area contributed by atoms with Crippen molar-refractivity contribution in [1.29, 1.82) is 0 Å². The Bertz CT molecular complexity index is 3200. The smallest absolute Gasteiger partial charge is 0.253 e. The molecule has 0 bridgehead atoms. The van der Waals surface area contributed by atoms with Crippen LogP contribution in [-0.4, -0.2) is 50.8 Å². The molecule has 9 heteroatoms. The van der Waals surface area contributed by atoms with Gasteiger partial charge in [0.1, 0.15) is 0 Å². The number of amides is 3. The van der Waals surface area contributed by atoms with Crippen LogP contribution in [0.5, 0.6) is 0 Å². The Morgan fingerprint density at radius 2 is 0.681 bits per heavy atom. The second-order valence-electron chi connectivity index (χ2n) is 19.1. The van der Waals surface area contributed by atoms with E-state index in [2.05, 4.69) is 124 Å². The Balaban J connectivity index is 0.000000158. The van der Waals surface area contributed by atoms with Gasteiger partial charge in [-0.05, 0) is 135 Å². The van der Waals surface area contributed by atoms with Crippen LogP contribution in [-0.2, 0) is 19.3 Å². The lowest BCUT2D eigenvalue weighted by atomic mass is 10.0. The van der Waals surface area contributed by atoms with E-state index in [1.807, 2.05) is 133 Å². The fourth-order valence-corrected chi connectivity index (χ4v) is 8.85. The van der Waals surface area contributed by atoms with Gasteiger partial charge in [-0.15, -0.1) is 0 Å². The van der Waals surface area contributed by atoms with Gasteiger partial charge in [0.15, 0.2) is 0 Å². The quantitative estimate of drug-likeness (QED) is 0.112. The number of benzene rings is 6. The summed E-state index contributed by atoms with van der Waals surface area (Å²) in [7, 11) is 0. The highest BCUT2D eigenvalue weighted by atomic mass is 16.2. The molecule has 0 radical (unpaired) electrons. The molecular weight excluding hydrogens is 889 g/mol. The molecule has 9 aromatic rings. The highest BCUT2D eigenvalue weighted by molar-refractivity contribution is 6.00. The van der Waals surface area contributed by atoms with Crippen molar-refractivity contribution in [3.8, 4) is 0 Å². The zero-order valence-corrected chi connectivity index (χ0v) is 43.0. The molecule has 0 fully saturated rings. The first-order valence-corrected chi connectivity index (χ1v) is 24.8. The Morgan fingerprint density at radius 1 is 0.361 bits per heavy atom. The van der Waals surface area contributed by atoms with Crippen LogP contribution in [0.15, 0.2) is 164 Å². The summed E-state index contributed by atoms with van der Waals surface area (Å²) in [4.78, 5) is 51.5. The number of nitrogens with zero attached hydrogens (tertiary/aromatic N) is 3. The van der Waals surface area contributed by atoms with Crippen molar-refractivity contribution in [2.45, 2.75) is 99.7 Å². The summed E-state index contributed by atoms with van der Waals surface area (Å²) in [6.07, 6.45) is 2.44. The summed E-state index contributed by atoms with van der Waals surface area (Å²) in [6, 6.07) is 54.7. The van der Waals surface area contributed by atoms with Crippen LogP contribution in [0.3, 0.4) is 0 Å². The average molecular weight is 955 g/mol. The van der Waals surface area contributed by atoms with Gasteiger partial charge in [-0.2, -0.15) is 0 Å². The molecule has 3 aromatic heterocycles. The van der Waals surface area contributed by atoms with Crippen molar-refractivity contribution in [2.24, 2.45) is 0 Å². The monoisotopic (exact) mass is 955 g/mol. The predicted molar refractivity (Wildman–Crippen MR) is 295 cm³/mol. The lowest BCUT2D eigenvalue weighted by Crippen LogP contribution is -2.34. The van der Waals surface area contributed by atoms with E-state index in [0.29, 0.717) is 16.7 Å². The van der Waals surface area contributed by atoms with Crippen LogP contribution in [0.2, 0.25) is 0 Å². The summed E-state index contributed by atoms with van der Waals surface area (Å²) in [5.74, 6) is -0.192. The van der Waals surface area contributed by atoms with Crippen LogP contribution in [0.1, 0.15) is 102 Å². The van der Waals surface area contributed by atoms with Gasteiger partial charge < -0.3 is 16.0 Å². The van der Waals surface area contributed by atoms with Crippen LogP contribution in [0, 0.1) is 41.5 Å². The second kappa shape index (κ2) is 24.2. The van der Waals surface area contributed by atoms with E-state index < -0.39 is 0 Å². The van der Waals surface area contributed by atoms with Crippen molar-refractivity contribution in [1.82, 2.24) is 30.9 Å². The van der Waals surface area contributed by atoms with Gasteiger partial charge in [-0.3, -0.25) is 29.3 Å². The van der Waals surface area contributed by atoms with Gasteiger partial charge in [0, 0.05) is 34.3 Å². The van der Waals surface area contributed by atoms with Gasteiger partial charge in [0.05, 0.1) is 50.3 Å². The highest BCUT2D eigenvalue weighted by Crippen LogP contribution is 2.20. The summed E-state index contributed by atoms with van der Waals surface area (Å²) >= 11 is 0. The number of pyridine rings is 3. The number of nitrogens with one attached hydrogen (secondary N) is 3. The first kappa shape index (κ1) is 51.8. The molecule has 3 heterocycles. The number of aromatic nitrogens is 3. The third-order valence-electron chi connectivity index (χ3n) is 12.5. The molecule has 9 nitrogen and oxygen atoms in total. The second-order valence-corrected chi connectivity index (χ2v) is 19.1. The largest absolute Gasteiger partial charge is 0.349 e. The number of aryl methyl sites for hydroxylation is 6. The fraction of sp³-hybridized carbons (Fsp3) is 0.238. The van der Waals surface area contributed by atoms with E-state index in [9.17, 15) is 14.4 Å². The molecule has 6 aromatic carbocycles. The fourth-order valence-electron chi connectivity index (χ4n) is 8.85. The predicted octanol–water partition coefficient (Wildman–Crippen LogP) is 12.6. The number of carbonyl (C=O) groups excluding carboxylic acids is 3. The standard InChI is InChI=1S/3C21H22N2O/c2*1-14-7-6-8-17(11-14)12-15(2)22-21(24)19-13-18-9-4-5-10-20(18)23-16(19)3;1-14-8-10-17(11-9-14)12-15(2)22-21(24)19-13-18-6-4-5-7-20(18)23-16(19)3/h3*4-11,13,15H,12H2,1-3H3,(H,22,24). The SMILES string of the molecule is Cc1ccc(CC(C)NC(=O)c2cc3ccccc3nc2C)cc1.Cc1cccc(CC(C)NC(=O)c2cc3ccccc3nc2C)c1.Cc1cccc(CC(C)NC(=O)c2cc3ccccc3nc2C)c1. The summed E-state index contributed by atoms with van der Waals surface area (Å²) < 4.78 is 0. The zero-order valence-electron chi connectivity index (χ0n) is 43.0. The normalized spacial score (nSPS) is 12.1. The molecule has 0 saturated heterocycles. The first-order valence-electron chi connectivity index (χ1n) is 24.8. The third-order valence-corrected chi connectivity index (χ3v) is 12.5. The van der Waals surface area contributed by atoms with Gasteiger partial charge in [0.25, 0.3) is 17.7 Å². The lowest BCUT2D eigenvalue weighted by molar-refractivity contribution is 0.0930. The number of fused-ring (bicyclic) bond motifs is 3. The Kier molecular flexibility index (Phi) is 17.4. The van der Waals surface area contributed by atoms with E-state index in [1.165, 1.54) is 33.4 Å². The van der Waals surface area contributed by atoms with Crippen LogP contribution in [0.25, 0.3) is 32.7 Å². The molecule has 0 aliphatic heterocycles. The summed E-state index contributed by atoms with van der Waals surface area (Å²) in [5.41, 5.74) is 14.4. The topological polar surface area (TPSA) is 126 Å². The van der Waals surface area contributed by atoms with Crippen molar-refractivity contribution in [3.05, 3.63) is 231 Å². The average Bonchev–Trinajstić information content (AvgIpc) is 3.34. The van der Waals surface area contributed by atoms with E-state index in [-0.39, 0.29) is 35.8 Å². The Hall–Kier alpha value is -8.04. The van der Waals surface area contributed by atoms with E-state index in [0.717, 1.165) is 69.1 Å². The molecule has 0 aliphatic carbocycles. The molecule has 0 spiro atoms. The molecule has 72 heavy (non-hydrogen) atoms. The number of hydrogen-bond acceptors (Lipinski definition) is 6. The number of rotatable bonds is 12. The molecule has 3 amide bonds. The summed E-state index contributed by atoms with van der Waals surface area (Å²) in [6.45, 7) is 18.0. The van der Waals surface area contributed by atoms with Gasteiger partial charge >= 0.3 is 0 Å². The minimum absolute atomic E-state index is 0.0603. The molecule has 366 valence electrons. The molecule has 3 atom stereocenters. The number of hydrogen-bond donors (Lipinski definition) is 3. The van der Waals surface area contributed by atoms with Crippen LogP contribution in [0.4, 0.5) is 0 Å². The van der Waals surface area contributed by atoms with Gasteiger partial charge in [0.2, 0.25) is 0 Å². The van der Waals surface area contributed by atoms with Gasteiger partial charge in [-0.25, -0.2) is 0 Å². The molecular formula is C63H66N6O3. The molecule has 3 N–H and O–H groups in total. The zero-order chi connectivity index (χ0) is 51.3. The molecule has 0 aliphatic rings. The van der Waals surface area contributed by atoms with Crippen LogP contribution >= 0.6 is 0 Å². The van der Waals surface area contributed by atoms with Crippen LogP contribution < -0.4 is 16.0 Å². The lowest BCUT2D eigenvalue weighted by Gasteiger charge is -2.15. The van der Waals surface area contributed by atoms with E-state index in [4.69, 9.17) is 0 Å². The summed E-state index contributed by atoms with van der Waals surface area (Å²) in [5, 5.41) is 12.2. The minimum Gasteiger partial charge on any atom is -0.349 e. The highest BCUT2D eigenvalue weighted by Gasteiger charge is 2.17. The van der Waals surface area contributed by atoms with Crippen molar-refractivity contribution in [2.75, 3.05) is 0 Å². The first-order chi connectivity index (χ1) is 34.6. The minimum atomic E-state index is -0.0645. The van der Waals surface area contributed by atoms with Gasteiger partial charge in [-0.1, -0.05) is 144 Å². The maximum Gasteiger partial charge on any atom is 0.253 e. The maximum absolute atomic E-state index is 12.6. The molecule has 0 saturated carbocycles. The maximum atomic E-state index is 12.6. The molecule has 3 unspecified atom stereocenters. The van der Waals surface area contributed by atoms with E-state index in [1.54, 1.807) is 0 Å². The van der Waals surface area contributed by atoms with Crippen molar-refractivity contribution < 1.29 is 14.4 Å².